The van der Waals surface area contributed by atoms with E-state index < -0.39 is 11.2 Å². The summed E-state index contributed by atoms with van der Waals surface area (Å²) >= 11 is 0. The third kappa shape index (κ3) is 3.04. The highest BCUT2D eigenvalue weighted by Crippen LogP contribution is 2.29. The molecule has 1 N–H and O–H groups in total. The van der Waals surface area contributed by atoms with Crippen LogP contribution in [-0.2, 0) is 25.4 Å². The quantitative estimate of drug-likeness (QED) is 0.714. The summed E-state index contributed by atoms with van der Waals surface area (Å²) in [5.41, 5.74) is -0.451. The molecule has 0 unspecified atom stereocenters. The molecule has 1 aliphatic rings. The second-order valence-electron chi connectivity index (χ2n) is 7.25. The largest absolute Gasteiger partial charge is 0.332 e. The summed E-state index contributed by atoms with van der Waals surface area (Å²) < 4.78 is 5.65. The van der Waals surface area contributed by atoms with Gasteiger partial charge in [0.2, 0.25) is 5.91 Å². The van der Waals surface area contributed by atoms with Gasteiger partial charge in [-0.2, -0.15) is 5.10 Å². The summed E-state index contributed by atoms with van der Waals surface area (Å²) in [6, 6.07) is 2.08. The Labute approximate surface area is 160 Å². The topological polar surface area (TPSA) is 109 Å². The van der Waals surface area contributed by atoms with Gasteiger partial charge >= 0.3 is 5.69 Å². The molecule has 3 aromatic heterocycles. The Morgan fingerprint density at radius 3 is 2.68 bits per heavy atom. The Balaban J connectivity index is 1.58. The SMILES string of the molecule is Cn1c(=O)c2c(ncn2CC(=O)Nc2ccnn2C2CCCCC2)n(C)c1=O. The molecule has 4 rings (SSSR count). The van der Waals surface area contributed by atoms with Crippen molar-refractivity contribution in [3.05, 3.63) is 39.4 Å². The van der Waals surface area contributed by atoms with Crippen LogP contribution < -0.4 is 16.6 Å². The predicted octanol–water partition coefficient (Wildman–Crippen LogP) is 0.774. The van der Waals surface area contributed by atoms with Gasteiger partial charge in [-0.25, -0.2) is 14.5 Å². The fraction of sp³-hybridized carbons (Fsp3) is 0.500. The molecule has 0 radical (unpaired) electrons. The van der Waals surface area contributed by atoms with E-state index in [4.69, 9.17) is 0 Å². The van der Waals surface area contributed by atoms with Crippen LogP contribution in [0.25, 0.3) is 11.2 Å². The first kappa shape index (κ1) is 18.2. The lowest BCUT2D eigenvalue weighted by molar-refractivity contribution is -0.116. The van der Waals surface area contributed by atoms with E-state index in [9.17, 15) is 14.4 Å². The molecule has 10 nitrogen and oxygen atoms in total. The monoisotopic (exact) mass is 385 g/mol. The summed E-state index contributed by atoms with van der Waals surface area (Å²) in [6.45, 7) is -0.0835. The lowest BCUT2D eigenvalue weighted by Gasteiger charge is -2.23. The van der Waals surface area contributed by atoms with E-state index in [0.29, 0.717) is 11.9 Å². The first-order chi connectivity index (χ1) is 13.5. The highest BCUT2D eigenvalue weighted by molar-refractivity contribution is 5.90. The average molecular weight is 385 g/mol. The number of fused-ring (bicyclic) bond motifs is 1. The Hall–Kier alpha value is -3.17. The van der Waals surface area contributed by atoms with Crippen molar-refractivity contribution in [3.63, 3.8) is 0 Å². The summed E-state index contributed by atoms with van der Waals surface area (Å²) in [7, 11) is 2.95. The van der Waals surface area contributed by atoms with Gasteiger partial charge in [0.1, 0.15) is 12.4 Å². The number of rotatable bonds is 4. The van der Waals surface area contributed by atoms with E-state index in [2.05, 4.69) is 15.4 Å². The maximum absolute atomic E-state index is 12.6. The van der Waals surface area contributed by atoms with Crippen LogP contribution in [0, 0.1) is 0 Å². The van der Waals surface area contributed by atoms with Gasteiger partial charge in [0.15, 0.2) is 11.2 Å². The molecule has 148 valence electrons. The number of amides is 1. The first-order valence-corrected chi connectivity index (χ1v) is 9.41. The predicted molar refractivity (Wildman–Crippen MR) is 103 cm³/mol. The molecule has 1 aliphatic carbocycles. The van der Waals surface area contributed by atoms with Crippen LogP contribution in [0.15, 0.2) is 28.2 Å². The Morgan fingerprint density at radius 1 is 1.18 bits per heavy atom. The van der Waals surface area contributed by atoms with Gasteiger partial charge in [-0.3, -0.25) is 18.7 Å². The molecular formula is C18H23N7O3. The van der Waals surface area contributed by atoms with Gasteiger partial charge in [0.25, 0.3) is 5.56 Å². The van der Waals surface area contributed by atoms with Gasteiger partial charge in [-0.05, 0) is 12.8 Å². The van der Waals surface area contributed by atoms with E-state index in [1.807, 2.05) is 4.68 Å². The van der Waals surface area contributed by atoms with E-state index in [-0.39, 0.29) is 23.6 Å². The Bertz CT molecular complexity index is 1140. The number of nitrogens with zero attached hydrogens (tertiary/aromatic N) is 6. The molecule has 1 amide bonds. The zero-order valence-corrected chi connectivity index (χ0v) is 16.0. The number of hydrogen-bond donors (Lipinski definition) is 1. The lowest BCUT2D eigenvalue weighted by atomic mass is 9.96. The molecular weight excluding hydrogens is 362 g/mol. The number of hydrogen-bond acceptors (Lipinski definition) is 5. The number of imidazole rings is 1. The smallest absolute Gasteiger partial charge is 0.315 e. The van der Waals surface area contributed by atoms with Crippen molar-refractivity contribution in [2.75, 3.05) is 5.32 Å². The zero-order chi connectivity index (χ0) is 19.8. The number of carbonyl (C=O) groups excluding carboxylic acids is 1. The highest BCUT2D eigenvalue weighted by atomic mass is 16.2. The fourth-order valence-corrected chi connectivity index (χ4v) is 3.88. The van der Waals surface area contributed by atoms with Crippen LogP contribution in [0.2, 0.25) is 0 Å². The summed E-state index contributed by atoms with van der Waals surface area (Å²) in [4.78, 5) is 41.3. The molecule has 1 fully saturated rings. The van der Waals surface area contributed by atoms with Crippen LogP contribution in [-0.4, -0.2) is 34.4 Å². The number of nitrogens with one attached hydrogen (secondary N) is 1. The van der Waals surface area contributed by atoms with Crippen molar-refractivity contribution < 1.29 is 4.79 Å². The van der Waals surface area contributed by atoms with Gasteiger partial charge in [-0.1, -0.05) is 19.3 Å². The van der Waals surface area contributed by atoms with Crippen LogP contribution in [0.5, 0.6) is 0 Å². The third-order valence-electron chi connectivity index (χ3n) is 5.39. The molecule has 28 heavy (non-hydrogen) atoms. The number of aromatic nitrogens is 6. The molecule has 3 heterocycles. The van der Waals surface area contributed by atoms with Crippen LogP contribution >= 0.6 is 0 Å². The standard InChI is InChI=1S/C18H23N7O3/c1-22-16-15(17(27)23(2)18(22)28)24(11-19-16)10-14(26)21-13-8-9-20-25(13)12-6-4-3-5-7-12/h8-9,11-12H,3-7,10H2,1-2H3,(H,21,26). The second-order valence-corrected chi connectivity index (χ2v) is 7.25. The second kappa shape index (κ2) is 7.10. The minimum absolute atomic E-state index is 0.0835. The minimum Gasteiger partial charge on any atom is -0.315 e. The van der Waals surface area contributed by atoms with E-state index >= 15 is 0 Å². The number of anilines is 1. The number of carbonyl (C=O) groups is 1. The summed E-state index contributed by atoms with van der Waals surface area (Å²) in [5.74, 6) is 0.370. The van der Waals surface area contributed by atoms with Crippen molar-refractivity contribution >= 4 is 22.9 Å². The molecule has 0 atom stereocenters. The van der Waals surface area contributed by atoms with Crippen LogP contribution in [0.1, 0.15) is 38.1 Å². The Morgan fingerprint density at radius 2 is 1.93 bits per heavy atom. The minimum atomic E-state index is -0.476. The lowest BCUT2D eigenvalue weighted by Crippen LogP contribution is -2.37. The fourth-order valence-electron chi connectivity index (χ4n) is 3.88. The molecule has 0 aromatic carbocycles. The molecule has 10 heteroatoms. The average Bonchev–Trinajstić information content (AvgIpc) is 3.32. The van der Waals surface area contributed by atoms with Gasteiger partial charge < -0.3 is 9.88 Å². The van der Waals surface area contributed by atoms with Crippen molar-refractivity contribution in [1.29, 1.82) is 0 Å². The number of aryl methyl sites for hydroxylation is 1. The third-order valence-corrected chi connectivity index (χ3v) is 5.39. The van der Waals surface area contributed by atoms with E-state index in [1.165, 1.54) is 41.8 Å². The first-order valence-electron chi connectivity index (χ1n) is 9.41. The van der Waals surface area contributed by atoms with Crippen LogP contribution in [0.4, 0.5) is 5.82 Å². The molecule has 3 aromatic rings. The van der Waals surface area contributed by atoms with Crippen molar-refractivity contribution in [2.24, 2.45) is 14.1 Å². The molecule has 1 saturated carbocycles. The maximum Gasteiger partial charge on any atom is 0.332 e. The summed E-state index contributed by atoms with van der Waals surface area (Å²) in [6.07, 6.45) is 8.78. The van der Waals surface area contributed by atoms with Crippen molar-refractivity contribution in [3.8, 4) is 0 Å². The van der Waals surface area contributed by atoms with Gasteiger partial charge in [0.05, 0.1) is 18.6 Å². The normalized spacial score (nSPS) is 15.2. The zero-order valence-electron chi connectivity index (χ0n) is 16.0. The molecule has 0 bridgehead atoms. The highest BCUT2D eigenvalue weighted by Gasteiger charge is 2.20. The van der Waals surface area contributed by atoms with Gasteiger partial charge in [0, 0.05) is 20.2 Å². The van der Waals surface area contributed by atoms with E-state index in [1.54, 1.807) is 19.3 Å². The van der Waals surface area contributed by atoms with Gasteiger partial charge in [-0.15, -0.1) is 0 Å². The molecule has 0 spiro atoms. The Kier molecular flexibility index (Phi) is 4.62. The summed E-state index contributed by atoms with van der Waals surface area (Å²) in [5, 5.41) is 7.26. The van der Waals surface area contributed by atoms with Crippen LogP contribution in [0.3, 0.4) is 0 Å². The molecule has 0 saturated heterocycles. The van der Waals surface area contributed by atoms with Crippen molar-refractivity contribution in [1.82, 2.24) is 28.5 Å². The van der Waals surface area contributed by atoms with E-state index in [0.717, 1.165) is 17.4 Å². The molecule has 0 aliphatic heterocycles. The van der Waals surface area contributed by atoms with Crippen molar-refractivity contribution in [2.45, 2.75) is 44.7 Å². The maximum atomic E-state index is 12.6.